The van der Waals surface area contributed by atoms with Gasteiger partial charge in [-0.05, 0) is 31.2 Å². The van der Waals surface area contributed by atoms with E-state index in [0.717, 1.165) is 44.1 Å². The summed E-state index contributed by atoms with van der Waals surface area (Å²) in [6.45, 7) is 7.34. The molecule has 1 aromatic heterocycles. The van der Waals surface area contributed by atoms with Gasteiger partial charge in [-0.3, -0.25) is 4.90 Å². The minimum absolute atomic E-state index is 0.825. The number of nitrogens with zero attached hydrogens (tertiary/aromatic N) is 3. The van der Waals surface area contributed by atoms with Gasteiger partial charge in [-0.15, -0.1) is 11.3 Å². The molecule has 2 N–H and O–H groups in total. The summed E-state index contributed by atoms with van der Waals surface area (Å²) in [5.41, 5.74) is 8.96. The molecule has 0 spiro atoms. The van der Waals surface area contributed by atoms with Crippen molar-refractivity contribution in [2.75, 3.05) is 36.8 Å². The van der Waals surface area contributed by atoms with E-state index < -0.39 is 0 Å². The summed E-state index contributed by atoms with van der Waals surface area (Å²) in [5, 5.41) is 3.35. The monoisotopic (exact) mass is 288 g/mol. The highest BCUT2D eigenvalue weighted by Crippen LogP contribution is 2.19. The van der Waals surface area contributed by atoms with Gasteiger partial charge in [0.1, 0.15) is 5.01 Å². The topological polar surface area (TPSA) is 45.4 Å². The van der Waals surface area contributed by atoms with Gasteiger partial charge in [0.2, 0.25) is 0 Å². The molecule has 1 saturated heterocycles. The predicted molar refractivity (Wildman–Crippen MR) is 85.2 cm³/mol. The number of aromatic nitrogens is 1. The lowest BCUT2D eigenvalue weighted by Gasteiger charge is -2.35. The Morgan fingerprint density at radius 2 is 1.85 bits per heavy atom. The van der Waals surface area contributed by atoms with Crippen molar-refractivity contribution < 1.29 is 0 Å². The number of thiazole rings is 1. The van der Waals surface area contributed by atoms with Gasteiger partial charge in [0.25, 0.3) is 0 Å². The first-order valence-corrected chi connectivity index (χ1v) is 7.82. The van der Waals surface area contributed by atoms with E-state index in [4.69, 9.17) is 5.73 Å². The standard InChI is InChI=1S/C15H20N4S/c1-12-11-20-15(17-12)10-18-6-8-19(9-7-18)14-4-2-13(16)3-5-14/h2-5,11H,6-10,16H2,1H3. The molecular weight excluding hydrogens is 268 g/mol. The fourth-order valence-electron chi connectivity index (χ4n) is 2.52. The van der Waals surface area contributed by atoms with E-state index >= 15 is 0 Å². The molecule has 4 nitrogen and oxygen atoms in total. The zero-order valence-electron chi connectivity index (χ0n) is 11.7. The number of rotatable bonds is 3. The van der Waals surface area contributed by atoms with E-state index in [9.17, 15) is 0 Å². The van der Waals surface area contributed by atoms with Crippen molar-refractivity contribution in [2.24, 2.45) is 0 Å². The molecule has 0 amide bonds. The molecule has 0 aliphatic carbocycles. The van der Waals surface area contributed by atoms with Crippen molar-refractivity contribution in [1.82, 2.24) is 9.88 Å². The van der Waals surface area contributed by atoms with Crippen LogP contribution in [-0.2, 0) is 6.54 Å². The Labute approximate surface area is 123 Å². The van der Waals surface area contributed by atoms with Crippen molar-refractivity contribution in [3.63, 3.8) is 0 Å². The summed E-state index contributed by atoms with van der Waals surface area (Å²) >= 11 is 1.76. The number of benzene rings is 1. The van der Waals surface area contributed by atoms with Crippen LogP contribution < -0.4 is 10.6 Å². The lowest BCUT2D eigenvalue weighted by molar-refractivity contribution is 0.249. The molecule has 5 heteroatoms. The second-order valence-electron chi connectivity index (χ2n) is 5.24. The summed E-state index contributed by atoms with van der Waals surface area (Å²) in [6, 6.07) is 8.16. The van der Waals surface area contributed by atoms with Gasteiger partial charge in [-0.25, -0.2) is 4.98 Å². The molecule has 0 unspecified atom stereocenters. The minimum atomic E-state index is 0.825. The number of hydrogen-bond acceptors (Lipinski definition) is 5. The van der Waals surface area contributed by atoms with Crippen LogP contribution in [0.25, 0.3) is 0 Å². The molecule has 1 aliphatic rings. The number of nitrogen functional groups attached to an aromatic ring is 1. The summed E-state index contributed by atoms with van der Waals surface area (Å²) in [5.74, 6) is 0. The SMILES string of the molecule is Cc1csc(CN2CCN(c3ccc(N)cc3)CC2)n1. The third-order valence-electron chi connectivity index (χ3n) is 3.66. The highest BCUT2D eigenvalue weighted by atomic mass is 32.1. The summed E-state index contributed by atoms with van der Waals surface area (Å²) in [6.07, 6.45) is 0. The third kappa shape index (κ3) is 3.11. The van der Waals surface area contributed by atoms with Crippen LogP contribution >= 0.6 is 11.3 Å². The molecule has 3 rings (SSSR count). The van der Waals surface area contributed by atoms with Gasteiger partial charge in [0.15, 0.2) is 0 Å². The van der Waals surface area contributed by atoms with E-state index in [2.05, 4.69) is 39.2 Å². The first-order valence-electron chi connectivity index (χ1n) is 6.94. The summed E-state index contributed by atoms with van der Waals surface area (Å²) < 4.78 is 0. The first kappa shape index (κ1) is 13.4. The average Bonchev–Trinajstić information content (AvgIpc) is 2.86. The van der Waals surface area contributed by atoms with Gasteiger partial charge < -0.3 is 10.6 Å². The van der Waals surface area contributed by atoms with Crippen LogP contribution in [0.2, 0.25) is 0 Å². The molecule has 0 atom stereocenters. The van der Waals surface area contributed by atoms with Crippen LogP contribution in [0, 0.1) is 6.92 Å². The van der Waals surface area contributed by atoms with Crippen molar-refractivity contribution >= 4 is 22.7 Å². The smallest absolute Gasteiger partial charge is 0.107 e. The maximum Gasteiger partial charge on any atom is 0.107 e. The zero-order chi connectivity index (χ0) is 13.9. The second-order valence-corrected chi connectivity index (χ2v) is 6.18. The van der Waals surface area contributed by atoms with Crippen LogP contribution in [0.5, 0.6) is 0 Å². The summed E-state index contributed by atoms with van der Waals surface area (Å²) in [7, 11) is 0. The Morgan fingerprint density at radius 3 is 2.45 bits per heavy atom. The highest BCUT2D eigenvalue weighted by Gasteiger charge is 2.18. The molecule has 0 radical (unpaired) electrons. The largest absolute Gasteiger partial charge is 0.399 e. The number of anilines is 2. The number of aryl methyl sites for hydroxylation is 1. The Morgan fingerprint density at radius 1 is 1.15 bits per heavy atom. The maximum atomic E-state index is 5.73. The lowest BCUT2D eigenvalue weighted by Crippen LogP contribution is -2.45. The van der Waals surface area contributed by atoms with Gasteiger partial charge in [0.05, 0.1) is 6.54 Å². The van der Waals surface area contributed by atoms with Crippen molar-refractivity contribution in [2.45, 2.75) is 13.5 Å². The average molecular weight is 288 g/mol. The highest BCUT2D eigenvalue weighted by molar-refractivity contribution is 7.09. The molecule has 2 heterocycles. The molecule has 0 bridgehead atoms. The normalized spacial score (nSPS) is 16.6. The predicted octanol–water partition coefficient (Wildman–Crippen LogP) is 2.36. The Hall–Kier alpha value is -1.59. The van der Waals surface area contributed by atoms with E-state index in [1.54, 1.807) is 11.3 Å². The lowest BCUT2D eigenvalue weighted by atomic mass is 10.2. The molecular formula is C15H20N4S. The molecule has 1 aliphatic heterocycles. The molecule has 0 saturated carbocycles. The molecule has 2 aromatic rings. The third-order valence-corrected chi connectivity index (χ3v) is 4.61. The summed E-state index contributed by atoms with van der Waals surface area (Å²) in [4.78, 5) is 9.44. The Balaban J connectivity index is 1.55. The van der Waals surface area contributed by atoms with E-state index in [1.807, 2.05) is 12.1 Å². The van der Waals surface area contributed by atoms with Crippen LogP contribution in [0.3, 0.4) is 0 Å². The van der Waals surface area contributed by atoms with Gasteiger partial charge in [-0.1, -0.05) is 0 Å². The minimum Gasteiger partial charge on any atom is -0.399 e. The van der Waals surface area contributed by atoms with Crippen LogP contribution in [0.1, 0.15) is 10.7 Å². The fraction of sp³-hybridized carbons (Fsp3) is 0.400. The van der Waals surface area contributed by atoms with Crippen LogP contribution in [0.4, 0.5) is 11.4 Å². The van der Waals surface area contributed by atoms with Crippen molar-refractivity contribution in [1.29, 1.82) is 0 Å². The van der Waals surface area contributed by atoms with Crippen LogP contribution in [-0.4, -0.2) is 36.1 Å². The van der Waals surface area contributed by atoms with Gasteiger partial charge >= 0.3 is 0 Å². The molecule has 1 fully saturated rings. The second kappa shape index (κ2) is 5.81. The van der Waals surface area contributed by atoms with Gasteiger partial charge in [-0.2, -0.15) is 0 Å². The number of nitrogens with two attached hydrogens (primary N) is 1. The quantitative estimate of drug-likeness (QED) is 0.881. The number of piperazine rings is 1. The van der Waals surface area contributed by atoms with Crippen LogP contribution in [0.15, 0.2) is 29.6 Å². The van der Waals surface area contributed by atoms with Crippen molar-refractivity contribution in [3.05, 3.63) is 40.3 Å². The van der Waals surface area contributed by atoms with Gasteiger partial charge in [0, 0.05) is 48.6 Å². The number of hydrogen-bond donors (Lipinski definition) is 1. The van der Waals surface area contributed by atoms with E-state index in [1.165, 1.54) is 10.7 Å². The Bertz CT molecular complexity index is 556. The Kier molecular flexibility index (Phi) is 3.89. The van der Waals surface area contributed by atoms with E-state index in [-0.39, 0.29) is 0 Å². The van der Waals surface area contributed by atoms with Crippen molar-refractivity contribution in [3.8, 4) is 0 Å². The molecule has 1 aromatic carbocycles. The molecule has 20 heavy (non-hydrogen) atoms. The zero-order valence-corrected chi connectivity index (χ0v) is 12.6. The fourth-order valence-corrected chi connectivity index (χ4v) is 3.33. The van der Waals surface area contributed by atoms with E-state index in [0.29, 0.717) is 0 Å². The first-order chi connectivity index (χ1) is 9.70. The molecule has 106 valence electrons. The maximum absolute atomic E-state index is 5.73.